The third-order valence-corrected chi connectivity index (χ3v) is 9.15. The number of nitrogen functional groups attached to an aromatic ring is 2. The minimum absolute atomic E-state index is 0.0841. The third kappa shape index (κ3) is 6.24. The van der Waals surface area contributed by atoms with Crippen LogP contribution in [0, 0.1) is 0 Å². The van der Waals surface area contributed by atoms with Crippen LogP contribution < -0.4 is 20.9 Å². The van der Waals surface area contributed by atoms with Crippen molar-refractivity contribution < 1.29 is 19.0 Å². The number of ketones is 1. The van der Waals surface area contributed by atoms with Gasteiger partial charge in [0.25, 0.3) is 0 Å². The van der Waals surface area contributed by atoms with Crippen LogP contribution in [-0.4, -0.2) is 19.0 Å². The number of rotatable bonds is 14. The predicted molar refractivity (Wildman–Crippen MR) is 181 cm³/mol. The summed E-state index contributed by atoms with van der Waals surface area (Å²) in [4.78, 5) is 13.5. The maximum absolute atomic E-state index is 13.5. The fourth-order valence-corrected chi connectivity index (χ4v) is 6.43. The van der Waals surface area contributed by atoms with Crippen LogP contribution in [0.25, 0.3) is 5.57 Å². The first-order valence-electron chi connectivity index (χ1n) is 16.4. The van der Waals surface area contributed by atoms with Crippen molar-refractivity contribution in [3.05, 3.63) is 112 Å². The van der Waals surface area contributed by atoms with Gasteiger partial charge in [-0.1, -0.05) is 43.8 Å². The number of hydrogen-bond acceptors (Lipinski definition) is 6. The summed E-state index contributed by atoms with van der Waals surface area (Å²) in [7, 11) is 0. The Hall–Kier alpha value is -4.45. The Morgan fingerprint density at radius 2 is 1.60 bits per heavy atom. The van der Waals surface area contributed by atoms with Crippen molar-refractivity contribution in [2.45, 2.75) is 76.7 Å². The van der Waals surface area contributed by atoms with Gasteiger partial charge in [-0.05, 0) is 117 Å². The van der Waals surface area contributed by atoms with E-state index in [1.807, 2.05) is 60.7 Å². The molecule has 4 N–H and O–H groups in total. The summed E-state index contributed by atoms with van der Waals surface area (Å²) in [6.07, 6.45) is 14.3. The summed E-state index contributed by atoms with van der Waals surface area (Å²) in [6.45, 7) is 7.39. The number of unbranched alkanes of at least 4 members (excludes halogenated alkanes) is 3. The molecular weight excluding hydrogens is 560 g/mol. The zero-order valence-electron chi connectivity index (χ0n) is 26.3. The lowest BCUT2D eigenvalue weighted by Crippen LogP contribution is -2.23. The summed E-state index contributed by atoms with van der Waals surface area (Å²) in [6, 6.07) is 17.3. The Morgan fingerprint density at radius 3 is 2.24 bits per heavy atom. The Bertz CT molecular complexity index is 1640. The van der Waals surface area contributed by atoms with Crippen LogP contribution in [0.4, 0.5) is 11.4 Å². The number of anilines is 2. The van der Waals surface area contributed by atoms with Crippen LogP contribution in [0.5, 0.6) is 11.5 Å². The summed E-state index contributed by atoms with van der Waals surface area (Å²) in [5, 5.41) is 0. The molecule has 45 heavy (non-hydrogen) atoms. The van der Waals surface area contributed by atoms with E-state index in [-0.39, 0.29) is 5.78 Å². The van der Waals surface area contributed by atoms with Crippen LogP contribution in [0.1, 0.15) is 104 Å². The fraction of sp³-hybridized carbons (Fsp3) is 0.359. The number of fused-ring (bicyclic) bond motifs is 2. The minimum Gasteiger partial charge on any atom is -0.494 e. The van der Waals surface area contributed by atoms with E-state index in [2.05, 4.69) is 19.6 Å². The number of benzene rings is 3. The summed E-state index contributed by atoms with van der Waals surface area (Å²) in [5.74, 6) is 2.49. The smallest absolute Gasteiger partial charge is 0.196 e. The van der Waals surface area contributed by atoms with E-state index in [0.29, 0.717) is 29.1 Å². The number of ether oxygens (including phenoxy) is 3. The van der Waals surface area contributed by atoms with Crippen molar-refractivity contribution in [1.82, 2.24) is 0 Å². The molecule has 0 unspecified atom stereocenters. The van der Waals surface area contributed by atoms with Gasteiger partial charge in [0, 0.05) is 28.1 Å². The molecular formula is C39H44N2O4. The number of hydrogen-bond donors (Lipinski definition) is 2. The monoisotopic (exact) mass is 604 g/mol. The largest absolute Gasteiger partial charge is 0.494 e. The molecule has 3 aliphatic rings. The molecule has 0 spiro atoms. The van der Waals surface area contributed by atoms with E-state index in [0.717, 1.165) is 104 Å². The lowest BCUT2D eigenvalue weighted by atomic mass is 9.78. The summed E-state index contributed by atoms with van der Waals surface area (Å²) < 4.78 is 18.5. The molecule has 0 aromatic heterocycles. The summed E-state index contributed by atoms with van der Waals surface area (Å²) in [5.41, 5.74) is 19.9. The van der Waals surface area contributed by atoms with Gasteiger partial charge >= 0.3 is 0 Å². The van der Waals surface area contributed by atoms with Gasteiger partial charge in [0.2, 0.25) is 0 Å². The molecule has 6 rings (SSSR count). The molecule has 234 valence electrons. The normalized spacial score (nSPS) is 16.8. The second kappa shape index (κ2) is 13.3. The van der Waals surface area contributed by atoms with Gasteiger partial charge in [-0.25, -0.2) is 0 Å². The van der Waals surface area contributed by atoms with Crippen LogP contribution in [-0.2, 0) is 10.3 Å². The van der Waals surface area contributed by atoms with Gasteiger partial charge in [-0.15, -0.1) is 0 Å². The van der Waals surface area contributed by atoms with Gasteiger partial charge in [-0.3, -0.25) is 4.79 Å². The third-order valence-electron chi connectivity index (χ3n) is 9.15. The van der Waals surface area contributed by atoms with Gasteiger partial charge in [0.15, 0.2) is 5.78 Å². The Morgan fingerprint density at radius 1 is 0.911 bits per heavy atom. The molecule has 3 aromatic carbocycles. The molecule has 0 aliphatic heterocycles. The number of nitrogens with two attached hydrogens (primary N) is 2. The molecule has 6 heteroatoms. The second-order valence-corrected chi connectivity index (χ2v) is 12.3. The van der Waals surface area contributed by atoms with Gasteiger partial charge in [-0.2, -0.15) is 0 Å². The highest BCUT2D eigenvalue weighted by Gasteiger charge is 2.50. The average molecular weight is 605 g/mol. The lowest BCUT2D eigenvalue weighted by Gasteiger charge is -2.28. The van der Waals surface area contributed by atoms with Crippen LogP contribution in [0.2, 0.25) is 0 Å². The lowest BCUT2D eigenvalue weighted by molar-refractivity contribution is 0.103. The van der Waals surface area contributed by atoms with Gasteiger partial charge in [0.05, 0.1) is 18.8 Å². The zero-order valence-corrected chi connectivity index (χ0v) is 26.3. The first-order valence-corrected chi connectivity index (χ1v) is 16.4. The van der Waals surface area contributed by atoms with Crippen molar-refractivity contribution >= 4 is 22.7 Å². The number of carbonyl (C=O) groups is 1. The van der Waals surface area contributed by atoms with E-state index in [4.69, 9.17) is 25.7 Å². The highest BCUT2D eigenvalue weighted by Crippen LogP contribution is 2.55. The Labute approximate surface area is 266 Å². The van der Waals surface area contributed by atoms with Crippen molar-refractivity contribution in [3.63, 3.8) is 0 Å². The summed E-state index contributed by atoms with van der Waals surface area (Å²) >= 11 is 0. The molecule has 0 amide bonds. The van der Waals surface area contributed by atoms with Crippen LogP contribution >= 0.6 is 0 Å². The maximum atomic E-state index is 13.5. The molecule has 2 fully saturated rings. The molecule has 0 saturated heterocycles. The standard InChI is InChI=1S/C39H44N2O4/c1-3-12-30-29-15-7-8-16-31(29)38(42)36-33(40)25-32(37(41)35(30)36)39(21-22-39)45-28-19-17-27(18-20-28)43-23-9-5-6-10-24-44-34(4-2)26-13-11-14-26/h4,7-8,12,15-20,25H,2-3,5-6,9-11,13-14,21-24,40-41H2,1H3/b30-12+. The first kappa shape index (κ1) is 30.6. The Kier molecular flexibility index (Phi) is 9.02. The topological polar surface area (TPSA) is 96.8 Å². The molecule has 6 nitrogen and oxygen atoms in total. The van der Waals surface area contributed by atoms with E-state index in [9.17, 15) is 4.79 Å². The van der Waals surface area contributed by atoms with E-state index in [1.165, 1.54) is 12.0 Å². The van der Waals surface area contributed by atoms with Gasteiger partial charge in [0.1, 0.15) is 22.9 Å². The van der Waals surface area contributed by atoms with E-state index >= 15 is 0 Å². The second-order valence-electron chi connectivity index (χ2n) is 12.3. The number of carbonyl (C=O) groups excluding carboxylic acids is 1. The van der Waals surface area contributed by atoms with Crippen LogP contribution in [0.15, 0.2) is 84.7 Å². The molecule has 3 aromatic rings. The molecule has 2 saturated carbocycles. The average Bonchev–Trinajstić information content (AvgIpc) is 3.81. The number of allylic oxidation sites excluding steroid dienone is 3. The minimum atomic E-state index is -0.572. The predicted octanol–water partition coefficient (Wildman–Crippen LogP) is 8.89. The molecule has 0 atom stereocenters. The highest BCUT2D eigenvalue weighted by molar-refractivity contribution is 6.22. The quantitative estimate of drug-likeness (QED) is 0.0848. The fourth-order valence-electron chi connectivity index (χ4n) is 6.43. The van der Waals surface area contributed by atoms with Crippen LogP contribution in [0.3, 0.4) is 0 Å². The van der Waals surface area contributed by atoms with Gasteiger partial charge < -0.3 is 25.7 Å². The Balaban J connectivity index is 1.06. The zero-order chi connectivity index (χ0) is 31.4. The van der Waals surface area contributed by atoms with Crippen molar-refractivity contribution in [1.29, 1.82) is 0 Å². The first-order chi connectivity index (χ1) is 22.0. The molecule has 0 radical (unpaired) electrons. The van der Waals surface area contributed by atoms with Crippen molar-refractivity contribution in [3.8, 4) is 11.5 Å². The maximum Gasteiger partial charge on any atom is 0.196 e. The SMILES string of the molecule is C=CC(OCCCCCCOc1ccc(OC2(c3cc(N)c4c(c3N)/C(=C/CC)c3ccccc3C4=O)CC2)cc1)=C1CCC1. The molecule has 0 heterocycles. The van der Waals surface area contributed by atoms with Crippen molar-refractivity contribution in [2.24, 2.45) is 0 Å². The van der Waals surface area contributed by atoms with E-state index < -0.39 is 5.60 Å². The van der Waals surface area contributed by atoms with E-state index in [1.54, 1.807) is 0 Å². The molecule has 0 bridgehead atoms. The molecule has 3 aliphatic carbocycles. The highest BCUT2D eigenvalue weighted by atomic mass is 16.5. The van der Waals surface area contributed by atoms with Crippen molar-refractivity contribution in [2.75, 3.05) is 24.7 Å².